The van der Waals surface area contributed by atoms with Crippen LogP contribution in [0.5, 0.6) is 0 Å². The van der Waals surface area contributed by atoms with Crippen LogP contribution in [-0.2, 0) is 25.7 Å². The highest BCUT2D eigenvalue weighted by molar-refractivity contribution is 5.91. The van der Waals surface area contributed by atoms with Crippen molar-refractivity contribution in [2.24, 2.45) is 5.92 Å². The number of carbonyl (C=O) groups is 3. The van der Waals surface area contributed by atoms with E-state index in [1.54, 1.807) is 18.7 Å². The van der Waals surface area contributed by atoms with Crippen LogP contribution < -0.4 is 0 Å². The van der Waals surface area contributed by atoms with Crippen LogP contribution in [0, 0.1) is 5.92 Å². The Balaban J connectivity index is 2.21. The largest absolute Gasteiger partial charge is 0.464 e. The van der Waals surface area contributed by atoms with Crippen molar-refractivity contribution in [3.63, 3.8) is 0 Å². The van der Waals surface area contributed by atoms with Crippen molar-refractivity contribution in [2.45, 2.75) is 52.7 Å². The average Bonchev–Trinajstić information content (AvgIpc) is 3.01. The Morgan fingerprint density at radius 2 is 1.88 bits per heavy atom. The molecule has 2 unspecified atom stereocenters. The van der Waals surface area contributed by atoms with Crippen molar-refractivity contribution in [3.8, 4) is 0 Å². The van der Waals surface area contributed by atoms with E-state index in [1.165, 1.54) is 4.90 Å². The van der Waals surface area contributed by atoms with Gasteiger partial charge in [-0.2, -0.15) is 0 Å². The molecule has 1 aromatic rings. The minimum absolute atomic E-state index is 0.0122. The highest BCUT2D eigenvalue weighted by atomic mass is 16.5. The summed E-state index contributed by atoms with van der Waals surface area (Å²) in [5, 5.41) is 0. The summed E-state index contributed by atoms with van der Waals surface area (Å²) in [6.45, 7) is 8.27. The minimum Gasteiger partial charge on any atom is -0.464 e. The van der Waals surface area contributed by atoms with Gasteiger partial charge in [-0.25, -0.2) is 4.79 Å². The molecule has 1 fully saturated rings. The Kier molecular flexibility index (Phi) is 6.77. The van der Waals surface area contributed by atoms with Gasteiger partial charge in [-0.1, -0.05) is 30.3 Å². The van der Waals surface area contributed by atoms with Gasteiger partial charge in [0, 0.05) is 25.6 Å². The molecule has 6 nitrogen and oxygen atoms in total. The quantitative estimate of drug-likeness (QED) is 0.700. The van der Waals surface area contributed by atoms with Gasteiger partial charge in [0.15, 0.2) is 0 Å². The van der Waals surface area contributed by atoms with Crippen LogP contribution in [0.15, 0.2) is 30.3 Å². The number of esters is 1. The first-order valence-electron chi connectivity index (χ1n) is 9.15. The van der Waals surface area contributed by atoms with E-state index >= 15 is 0 Å². The van der Waals surface area contributed by atoms with Gasteiger partial charge in [0.05, 0.1) is 12.5 Å². The molecule has 0 bridgehead atoms. The van der Waals surface area contributed by atoms with Gasteiger partial charge < -0.3 is 14.5 Å². The molecule has 1 aromatic carbocycles. The van der Waals surface area contributed by atoms with Crippen molar-refractivity contribution in [3.05, 3.63) is 35.9 Å². The third-order valence-corrected chi connectivity index (χ3v) is 4.71. The molecule has 142 valence electrons. The molecule has 6 heteroatoms. The first-order valence-corrected chi connectivity index (χ1v) is 9.15. The van der Waals surface area contributed by atoms with E-state index in [0.717, 1.165) is 5.56 Å². The Hall–Kier alpha value is -2.37. The second-order valence-electron chi connectivity index (χ2n) is 6.92. The van der Waals surface area contributed by atoms with Gasteiger partial charge in [0.1, 0.15) is 6.04 Å². The van der Waals surface area contributed by atoms with E-state index in [-0.39, 0.29) is 30.9 Å². The number of hydrogen-bond acceptors (Lipinski definition) is 4. The summed E-state index contributed by atoms with van der Waals surface area (Å²) in [6.07, 6.45) is 0.192. The third-order valence-electron chi connectivity index (χ3n) is 4.71. The van der Waals surface area contributed by atoms with Crippen molar-refractivity contribution in [2.75, 3.05) is 13.2 Å². The normalized spacial score (nSPS) is 18.1. The topological polar surface area (TPSA) is 66.9 Å². The summed E-state index contributed by atoms with van der Waals surface area (Å²) in [4.78, 5) is 40.8. The van der Waals surface area contributed by atoms with Crippen LogP contribution in [-0.4, -0.2) is 52.8 Å². The summed E-state index contributed by atoms with van der Waals surface area (Å²) in [7, 11) is 0. The highest BCUT2D eigenvalue weighted by Crippen LogP contribution is 2.24. The molecule has 0 radical (unpaired) electrons. The summed E-state index contributed by atoms with van der Waals surface area (Å²) in [5.41, 5.74) is 0.932. The zero-order valence-corrected chi connectivity index (χ0v) is 16.0. The summed E-state index contributed by atoms with van der Waals surface area (Å²) < 4.78 is 5.11. The zero-order chi connectivity index (χ0) is 19.3. The smallest absolute Gasteiger partial charge is 0.328 e. The summed E-state index contributed by atoms with van der Waals surface area (Å²) in [6, 6.07) is 8.88. The van der Waals surface area contributed by atoms with E-state index in [9.17, 15) is 14.4 Å². The maximum atomic E-state index is 13.2. The SMILES string of the molecule is CCOC(=O)C(C)N(Cc1ccccc1)C(=O)C1CC(=O)N(C(C)C)C1. The molecule has 0 N–H and O–H groups in total. The van der Waals surface area contributed by atoms with Gasteiger partial charge in [-0.3, -0.25) is 9.59 Å². The average molecular weight is 360 g/mol. The molecule has 0 saturated carbocycles. The van der Waals surface area contributed by atoms with Crippen molar-refractivity contribution >= 4 is 17.8 Å². The Morgan fingerprint density at radius 3 is 2.42 bits per heavy atom. The minimum atomic E-state index is -0.703. The lowest BCUT2D eigenvalue weighted by Crippen LogP contribution is -2.46. The lowest BCUT2D eigenvalue weighted by atomic mass is 10.0. The molecule has 1 aliphatic rings. The fraction of sp³-hybridized carbons (Fsp3) is 0.550. The first kappa shape index (κ1) is 19.9. The van der Waals surface area contributed by atoms with E-state index in [4.69, 9.17) is 4.74 Å². The number of likely N-dealkylation sites (tertiary alicyclic amines) is 1. The second-order valence-corrected chi connectivity index (χ2v) is 6.92. The lowest BCUT2D eigenvalue weighted by molar-refractivity contribution is -0.156. The van der Waals surface area contributed by atoms with E-state index in [2.05, 4.69) is 0 Å². The van der Waals surface area contributed by atoms with Crippen LogP contribution in [0.1, 0.15) is 39.7 Å². The summed E-state index contributed by atoms with van der Waals surface area (Å²) in [5.74, 6) is -1.04. The van der Waals surface area contributed by atoms with Crippen LogP contribution in [0.25, 0.3) is 0 Å². The first-order chi connectivity index (χ1) is 12.3. The molecule has 0 aromatic heterocycles. The van der Waals surface area contributed by atoms with E-state index < -0.39 is 17.9 Å². The lowest BCUT2D eigenvalue weighted by Gasteiger charge is -2.30. The number of carbonyl (C=O) groups excluding carboxylic acids is 3. The molecule has 2 atom stereocenters. The number of benzene rings is 1. The molecule has 1 heterocycles. The number of rotatable bonds is 7. The number of hydrogen-bond donors (Lipinski definition) is 0. The van der Waals surface area contributed by atoms with Crippen LogP contribution in [0.4, 0.5) is 0 Å². The van der Waals surface area contributed by atoms with Crippen LogP contribution in [0.3, 0.4) is 0 Å². The Bertz CT molecular complexity index is 644. The van der Waals surface area contributed by atoms with Crippen molar-refractivity contribution in [1.82, 2.24) is 9.80 Å². The zero-order valence-electron chi connectivity index (χ0n) is 16.0. The fourth-order valence-electron chi connectivity index (χ4n) is 3.21. The maximum absolute atomic E-state index is 13.2. The molecular weight excluding hydrogens is 332 g/mol. The number of nitrogens with zero attached hydrogens (tertiary/aromatic N) is 2. The molecule has 2 amide bonds. The maximum Gasteiger partial charge on any atom is 0.328 e. The predicted molar refractivity (Wildman–Crippen MR) is 98.0 cm³/mol. The fourth-order valence-corrected chi connectivity index (χ4v) is 3.21. The molecule has 26 heavy (non-hydrogen) atoms. The number of amides is 2. The van der Waals surface area contributed by atoms with Crippen molar-refractivity contribution in [1.29, 1.82) is 0 Å². The molecule has 0 spiro atoms. The number of ether oxygens (including phenoxy) is 1. The molecule has 1 saturated heterocycles. The standard InChI is InChI=1S/C20H28N2O4/c1-5-26-20(25)15(4)22(12-16-9-7-6-8-10-16)19(24)17-11-18(23)21(13-17)14(2)3/h6-10,14-15,17H,5,11-13H2,1-4H3. The van der Waals surface area contributed by atoms with Gasteiger partial charge in [-0.15, -0.1) is 0 Å². The molecule has 0 aliphatic carbocycles. The van der Waals surface area contributed by atoms with Crippen molar-refractivity contribution < 1.29 is 19.1 Å². The van der Waals surface area contributed by atoms with Gasteiger partial charge in [0.2, 0.25) is 11.8 Å². The van der Waals surface area contributed by atoms with E-state index in [1.807, 2.05) is 44.2 Å². The molecule has 1 aliphatic heterocycles. The predicted octanol–water partition coefficient (Wildman–Crippen LogP) is 2.22. The van der Waals surface area contributed by atoms with Gasteiger partial charge in [-0.05, 0) is 33.3 Å². The Morgan fingerprint density at radius 1 is 1.23 bits per heavy atom. The summed E-state index contributed by atoms with van der Waals surface area (Å²) >= 11 is 0. The van der Waals surface area contributed by atoms with Gasteiger partial charge in [0.25, 0.3) is 0 Å². The van der Waals surface area contributed by atoms with Gasteiger partial charge >= 0.3 is 5.97 Å². The molecular formula is C20H28N2O4. The van der Waals surface area contributed by atoms with E-state index in [0.29, 0.717) is 13.1 Å². The highest BCUT2D eigenvalue weighted by Gasteiger charge is 2.39. The monoisotopic (exact) mass is 360 g/mol. The molecule has 2 rings (SSSR count). The van der Waals surface area contributed by atoms with Crippen LogP contribution in [0.2, 0.25) is 0 Å². The second kappa shape index (κ2) is 8.83. The Labute approximate surface area is 155 Å². The van der Waals surface area contributed by atoms with Crippen LogP contribution >= 0.6 is 0 Å². The third kappa shape index (κ3) is 4.62.